The fourth-order valence-corrected chi connectivity index (χ4v) is 1.42. The molecule has 0 aliphatic carbocycles. The van der Waals surface area contributed by atoms with Gasteiger partial charge in [-0.05, 0) is 25.2 Å². The summed E-state index contributed by atoms with van der Waals surface area (Å²) >= 11 is 0. The molecule has 0 bridgehead atoms. The molecule has 0 nitrogen and oxygen atoms in total. The Morgan fingerprint density at radius 2 is 1.83 bits per heavy atom. The third kappa shape index (κ3) is 5.62. The Labute approximate surface area is 78.8 Å². The van der Waals surface area contributed by atoms with E-state index in [1.165, 1.54) is 32.1 Å². The van der Waals surface area contributed by atoms with Crippen molar-refractivity contribution in [2.45, 2.75) is 52.9 Å². The van der Waals surface area contributed by atoms with Crippen molar-refractivity contribution in [3.8, 4) is 0 Å². The molecule has 0 aromatic carbocycles. The maximum absolute atomic E-state index is 4.10. The lowest BCUT2D eigenvalue weighted by Crippen LogP contribution is -2.06. The van der Waals surface area contributed by atoms with Crippen molar-refractivity contribution in [2.75, 3.05) is 0 Å². The second-order valence-corrected chi connectivity index (χ2v) is 3.67. The van der Waals surface area contributed by atoms with Crippen molar-refractivity contribution < 1.29 is 0 Å². The van der Waals surface area contributed by atoms with Crippen molar-refractivity contribution in [3.63, 3.8) is 0 Å². The highest BCUT2D eigenvalue weighted by molar-refractivity contribution is 4.83. The molecule has 0 N–H and O–H groups in total. The standard InChI is InChI=1S/C12H24/c1-5-8-9-12(7-3)10-11(4)6-2/h10-12H,4-9H2,1-3H3. The number of hydrogen-bond acceptors (Lipinski definition) is 0. The predicted molar refractivity (Wildman–Crippen MR) is 56.7 cm³/mol. The number of rotatable bonds is 7. The average molecular weight is 168 g/mol. The highest BCUT2D eigenvalue weighted by Gasteiger charge is 2.09. The van der Waals surface area contributed by atoms with Crippen molar-refractivity contribution >= 4 is 0 Å². The second kappa shape index (κ2) is 7.64. The number of unbranched alkanes of at least 4 members (excludes halogenated alkanes) is 1. The van der Waals surface area contributed by atoms with Gasteiger partial charge in [0.15, 0.2) is 0 Å². The lowest BCUT2D eigenvalue weighted by molar-refractivity contribution is 0.463. The quantitative estimate of drug-likeness (QED) is 0.532. The molecule has 0 fully saturated rings. The maximum Gasteiger partial charge on any atom is -0.0324 e. The fourth-order valence-electron chi connectivity index (χ4n) is 1.42. The van der Waals surface area contributed by atoms with Crippen LogP contribution in [0.1, 0.15) is 52.9 Å². The van der Waals surface area contributed by atoms with Gasteiger partial charge >= 0.3 is 0 Å². The van der Waals surface area contributed by atoms with E-state index in [1.807, 2.05) is 0 Å². The Morgan fingerprint density at radius 1 is 1.17 bits per heavy atom. The van der Waals surface area contributed by atoms with Gasteiger partial charge in [0, 0.05) is 0 Å². The lowest BCUT2D eigenvalue weighted by Gasteiger charge is -2.17. The SMILES string of the molecule is [CH2]C([CH]C(CC)CCCC)CC. The zero-order valence-corrected chi connectivity index (χ0v) is 8.97. The molecule has 2 unspecified atom stereocenters. The molecule has 2 radical (unpaired) electrons. The summed E-state index contributed by atoms with van der Waals surface area (Å²) in [6.45, 7) is 10.8. The van der Waals surface area contributed by atoms with Gasteiger partial charge < -0.3 is 0 Å². The Balaban J connectivity index is 3.51. The van der Waals surface area contributed by atoms with Gasteiger partial charge in [-0.2, -0.15) is 0 Å². The molecule has 0 spiro atoms. The molecule has 0 aromatic rings. The summed E-state index contributed by atoms with van der Waals surface area (Å²) in [6.07, 6.45) is 8.95. The highest BCUT2D eigenvalue weighted by atomic mass is 14.1. The molecule has 0 saturated heterocycles. The van der Waals surface area contributed by atoms with E-state index in [1.54, 1.807) is 0 Å². The molecular formula is C12H24. The van der Waals surface area contributed by atoms with Crippen molar-refractivity contribution in [1.82, 2.24) is 0 Å². The van der Waals surface area contributed by atoms with Gasteiger partial charge in [-0.3, -0.25) is 0 Å². The first-order chi connectivity index (χ1) is 5.74. The van der Waals surface area contributed by atoms with E-state index in [0.717, 1.165) is 5.92 Å². The van der Waals surface area contributed by atoms with Crippen LogP contribution in [0.15, 0.2) is 0 Å². The summed E-state index contributed by atoms with van der Waals surface area (Å²) < 4.78 is 0. The second-order valence-electron chi connectivity index (χ2n) is 3.67. The Morgan fingerprint density at radius 3 is 2.25 bits per heavy atom. The van der Waals surface area contributed by atoms with Crippen LogP contribution < -0.4 is 0 Å². The molecular weight excluding hydrogens is 144 g/mol. The molecule has 0 saturated carbocycles. The summed E-state index contributed by atoms with van der Waals surface area (Å²) in [6, 6.07) is 0. The van der Waals surface area contributed by atoms with Gasteiger partial charge in [0.25, 0.3) is 0 Å². The van der Waals surface area contributed by atoms with E-state index in [9.17, 15) is 0 Å². The van der Waals surface area contributed by atoms with Gasteiger partial charge in [-0.15, -0.1) is 0 Å². The summed E-state index contributed by atoms with van der Waals surface area (Å²) in [5.74, 6) is 1.37. The van der Waals surface area contributed by atoms with Crippen LogP contribution in [-0.4, -0.2) is 0 Å². The van der Waals surface area contributed by atoms with Crippen LogP contribution in [0.25, 0.3) is 0 Å². The molecule has 0 aliphatic rings. The molecule has 0 rings (SSSR count). The molecule has 12 heavy (non-hydrogen) atoms. The molecule has 0 amide bonds. The van der Waals surface area contributed by atoms with E-state index in [0.29, 0.717) is 5.92 Å². The highest BCUT2D eigenvalue weighted by Crippen LogP contribution is 2.21. The van der Waals surface area contributed by atoms with E-state index >= 15 is 0 Å². The Hall–Kier alpha value is 0. The fraction of sp³-hybridized carbons (Fsp3) is 0.833. The van der Waals surface area contributed by atoms with Gasteiger partial charge in [0.05, 0.1) is 0 Å². The zero-order valence-electron chi connectivity index (χ0n) is 8.97. The summed E-state index contributed by atoms with van der Waals surface area (Å²) in [7, 11) is 0. The summed E-state index contributed by atoms with van der Waals surface area (Å²) in [5.41, 5.74) is 0. The minimum atomic E-state index is 0.562. The smallest absolute Gasteiger partial charge is 0.0324 e. The molecule has 2 atom stereocenters. The minimum absolute atomic E-state index is 0.562. The van der Waals surface area contributed by atoms with E-state index in [-0.39, 0.29) is 0 Å². The first-order valence-corrected chi connectivity index (χ1v) is 5.42. The number of hydrogen-bond donors (Lipinski definition) is 0. The van der Waals surface area contributed by atoms with E-state index in [2.05, 4.69) is 34.1 Å². The molecule has 0 aliphatic heterocycles. The monoisotopic (exact) mass is 168 g/mol. The average Bonchev–Trinajstić information content (AvgIpc) is 2.11. The first-order valence-electron chi connectivity index (χ1n) is 5.42. The van der Waals surface area contributed by atoms with Gasteiger partial charge in [-0.1, -0.05) is 52.9 Å². The van der Waals surface area contributed by atoms with Crippen molar-refractivity contribution in [3.05, 3.63) is 13.3 Å². The molecule has 0 heteroatoms. The summed E-state index contributed by atoms with van der Waals surface area (Å²) in [5, 5.41) is 0. The largest absolute Gasteiger partial charge is 0.0654 e. The Kier molecular flexibility index (Phi) is 7.64. The molecule has 0 heterocycles. The van der Waals surface area contributed by atoms with E-state index < -0.39 is 0 Å². The lowest BCUT2D eigenvalue weighted by atomic mass is 9.88. The first kappa shape index (κ1) is 12.0. The van der Waals surface area contributed by atoms with Crippen molar-refractivity contribution in [1.29, 1.82) is 0 Å². The molecule has 0 aromatic heterocycles. The van der Waals surface area contributed by atoms with Gasteiger partial charge in [-0.25, -0.2) is 0 Å². The topological polar surface area (TPSA) is 0 Å². The van der Waals surface area contributed by atoms with Crippen LogP contribution in [0.5, 0.6) is 0 Å². The van der Waals surface area contributed by atoms with Crippen LogP contribution >= 0.6 is 0 Å². The van der Waals surface area contributed by atoms with Crippen LogP contribution in [0.2, 0.25) is 0 Å². The Bertz CT molecular complexity index is 86.0. The van der Waals surface area contributed by atoms with Gasteiger partial charge in [0.1, 0.15) is 0 Å². The normalized spacial score (nSPS) is 16.0. The predicted octanol–water partition coefficient (Wildman–Crippen LogP) is 4.27. The van der Waals surface area contributed by atoms with Crippen molar-refractivity contribution in [2.24, 2.45) is 11.8 Å². The van der Waals surface area contributed by atoms with E-state index in [4.69, 9.17) is 0 Å². The molecule has 72 valence electrons. The van der Waals surface area contributed by atoms with Crippen LogP contribution in [0.4, 0.5) is 0 Å². The van der Waals surface area contributed by atoms with Crippen LogP contribution in [0, 0.1) is 25.2 Å². The van der Waals surface area contributed by atoms with Gasteiger partial charge in [0.2, 0.25) is 0 Å². The third-order valence-corrected chi connectivity index (χ3v) is 2.52. The van der Waals surface area contributed by atoms with Crippen LogP contribution in [-0.2, 0) is 0 Å². The van der Waals surface area contributed by atoms with Crippen LogP contribution in [0.3, 0.4) is 0 Å². The zero-order chi connectivity index (χ0) is 9.40. The third-order valence-electron chi connectivity index (χ3n) is 2.52. The summed E-state index contributed by atoms with van der Waals surface area (Å²) in [4.78, 5) is 0. The minimum Gasteiger partial charge on any atom is -0.0654 e. The maximum atomic E-state index is 4.10.